The number of aryl methyl sites for hydroxylation is 2. The Morgan fingerprint density at radius 1 is 1.00 bits per heavy atom. The van der Waals surface area contributed by atoms with Gasteiger partial charge < -0.3 is 14.5 Å². The van der Waals surface area contributed by atoms with Crippen LogP contribution >= 0.6 is 11.3 Å². The van der Waals surface area contributed by atoms with E-state index in [1.165, 1.54) is 59.7 Å². The number of fused-ring (bicyclic) bond motifs is 1. The number of ether oxygens (including phenoxy) is 1. The van der Waals surface area contributed by atoms with E-state index in [9.17, 15) is 0 Å². The molecule has 1 aromatic carbocycles. The number of benzene rings is 1. The molecule has 3 fully saturated rings. The number of piperidine rings is 1. The molecule has 7 rings (SSSR count). The summed E-state index contributed by atoms with van der Waals surface area (Å²) in [4.78, 5) is 19.1. The second-order valence-corrected chi connectivity index (χ2v) is 12.8. The smallest absolute Gasteiger partial charge is 0.253 e. The van der Waals surface area contributed by atoms with Gasteiger partial charge in [-0.2, -0.15) is 10.1 Å². The topological polar surface area (TPSA) is 62.6 Å². The maximum atomic E-state index is 5.67. The third-order valence-corrected chi connectivity index (χ3v) is 10.0. The molecule has 0 atom stereocenters. The molecule has 0 amide bonds. The molecule has 8 nitrogen and oxygen atoms in total. The summed E-state index contributed by atoms with van der Waals surface area (Å²) in [5, 5.41) is 4.89. The van der Waals surface area contributed by atoms with Crippen molar-refractivity contribution in [3.05, 3.63) is 52.5 Å². The first-order valence-electron chi connectivity index (χ1n) is 14.1. The van der Waals surface area contributed by atoms with Crippen LogP contribution in [0.3, 0.4) is 0 Å². The summed E-state index contributed by atoms with van der Waals surface area (Å²) in [5.41, 5.74) is 6.14. The van der Waals surface area contributed by atoms with E-state index in [1.807, 2.05) is 28.3 Å². The average Bonchev–Trinajstić information content (AvgIpc) is 3.55. The van der Waals surface area contributed by atoms with E-state index in [2.05, 4.69) is 59.9 Å². The Morgan fingerprint density at radius 3 is 2.56 bits per heavy atom. The van der Waals surface area contributed by atoms with Gasteiger partial charge in [-0.05, 0) is 69.9 Å². The molecule has 6 heterocycles. The maximum absolute atomic E-state index is 5.67. The first kappa shape index (κ1) is 25.1. The van der Waals surface area contributed by atoms with Gasteiger partial charge in [-0.25, -0.2) is 9.67 Å². The molecule has 3 aliphatic rings. The Balaban J connectivity index is 1.21. The minimum absolute atomic E-state index is 0.540. The van der Waals surface area contributed by atoms with Crippen LogP contribution in [0, 0.1) is 19.3 Å². The van der Waals surface area contributed by atoms with Crippen LogP contribution in [-0.4, -0.2) is 89.1 Å². The predicted octanol–water partition coefficient (Wildman–Crippen LogP) is 4.53. The number of hydrogen-bond acceptors (Lipinski definition) is 8. The Bertz CT molecular complexity index is 1490. The highest BCUT2D eigenvalue weighted by atomic mass is 32.1. The van der Waals surface area contributed by atoms with Gasteiger partial charge in [0.25, 0.3) is 5.95 Å². The van der Waals surface area contributed by atoms with E-state index in [0.717, 1.165) is 55.4 Å². The molecule has 39 heavy (non-hydrogen) atoms. The van der Waals surface area contributed by atoms with E-state index in [4.69, 9.17) is 19.8 Å². The molecule has 0 aliphatic carbocycles. The molecule has 3 saturated heterocycles. The van der Waals surface area contributed by atoms with Crippen LogP contribution < -0.4 is 4.90 Å². The van der Waals surface area contributed by atoms with Gasteiger partial charge in [-0.3, -0.25) is 4.90 Å². The van der Waals surface area contributed by atoms with Crippen molar-refractivity contribution < 1.29 is 4.74 Å². The van der Waals surface area contributed by atoms with E-state index in [1.54, 1.807) is 0 Å². The van der Waals surface area contributed by atoms with Gasteiger partial charge in [-0.15, -0.1) is 11.3 Å². The van der Waals surface area contributed by atoms with Gasteiger partial charge in [0.1, 0.15) is 0 Å². The molecule has 3 aliphatic heterocycles. The summed E-state index contributed by atoms with van der Waals surface area (Å²) < 4.78 is 8.69. The van der Waals surface area contributed by atoms with Crippen molar-refractivity contribution in [2.45, 2.75) is 33.2 Å². The fourth-order valence-corrected chi connectivity index (χ4v) is 7.67. The van der Waals surface area contributed by atoms with Crippen molar-refractivity contribution in [3.63, 3.8) is 0 Å². The second kappa shape index (κ2) is 9.96. The monoisotopic (exact) mass is 543 g/mol. The van der Waals surface area contributed by atoms with Gasteiger partial charge in [0, 0.05) is 49.4 Å². The van der Waals surface area contributed by atoms with Crippen molar-refractivity contribution in [1.82, 2.24) is 29.5 Å². The van der Waals surface area contributed by atoms with Crippen LogP contribution in [0.5, 0.6) is 0 Å². The number of nitrogens with zero attached hydrogens (tertiary/aromatic N) is 7. The van der Waals surface area contributed by atoms with E-state index in [0.29, 0.717) is 11.4 Å². The summed E-state index contributed by atoms with van der Waals surface area (Å²) in [5.74, 6) is 1.64. The highest BCUT2D eigenvalue weighted by Crippen LogP contribution is 2.43. The molecular weight excluding hydrogens is 506 g/mol. The molecule has 0 N–H and O–H groups in total. The minimum Gasteiger partial charge on any atom is -0.378 e. The van der Waals surface area contributed by atoms with Crippen LogP contribution in [0.1, 0.15) is 28.8 Å². The quantitative estimate of drug-likeness (QED) is 0.367. The highest BCUT2D eigenvalue weighted by molar-refractivity contribution is 7.19. The van der Waals surface area contributed by atoms with Gasteiger partial charge >= 0.3 is 0 Å². The van der Waals surface area contributed by atoms with Crippen molar-refractivity contribution in [3.8, 4) is 17.2 Å². The molecule has 0 unspecified atom stereocenters. The Morgan fingerprint density at radius 2 is 1.79 bits per heavy atom. The number of hydrogen-bond donors (Lipinski definition) is 0. The van der Waals surface area contributed by atoms with Crippen molar-refractivity contribution >= 4 is 27.4 Å². The molecule has 204 valence electrons. The molecule has 1 spiro atoms. The number of anilines is 1. The van der Waals surface area contributed by atoms with Crippen LogP contribution in [0.15, 0.2) is 36.5 Å². The largest absolute Gasteiger partial charge is 0.378 e. The van der Waals surface area contributed by atoms with Gasteiger partial charge in [0.15, 0.2) is 5.82 Å². The average molecular weight is 544 g/mol. The van der Waals surface area contributed by atoms with Gasteiger partial charge in [-0.1, -0.05) is 23.8 Å². The molecule has 0 bridgehead atoms. The van der Waals surface area contributed by atoms with Crippen molar-refractivity contribution in [1.29, 1.82) is 0 Å². The van der Waals surface area contributed by atoms with Crippen molar-refractivity contribution in [2.75, 3.05) is 64.4 Å². The van der Waals surface area contributed by atoms with Crippen LogP contribution in [0.25, 0.3) is 27.4 Å². The predicted molar refractivity (Wildman–Crippen MR) is 157 cm³/mol. The Labute approximate surface area is 234 Å². The number of thiophene rings is 1. The SMILES string of the molecule is Cc1cccc(-c2ccn(-c3nc(N4CCOCC4)c4sc(CN5CC6(CCN(C)CC6)C5)c(C)c4n3)n2)c1. The van der Waals surface area contributed by atoms with Crippen LogP contribution in [0.4, 0.5) is 5.82 Å². The molecule has 9 heteroatoms. The third kappa shape index (κ3) is 4.75. The molecule has 4 aromatic rings. The first-order valence-corrected chi connectivity index (χ1v) is 14.9. The highest BCUT2D eigenvalue weighted by Gasteiger charge is 2.44. The first-order chi connectivity index (χ1) is 19.0. The molecule has 0 saturated carbocycles. The number of likely N-dealkylation sites (tertiary alicyclic amines) is 2. The fraction of sp³-hybridized carbons (Fsp3) is 0.500. The number of aromatic nitrogens is 4. The van der Waals surface area contributed by atoms with Crippen LogP contribution in [-0.2, 0) is 11.3 Å². The van der Waals surface area contributed by atoms with E-state index in [-0.39, 0.29) is 0 Å². The second-order valence-electron chi connectivity index (χ2n) is 11.7. The summed E-state index contributed by atoms with van der Waals surface area (Å²) in [7, 11) is 2.25. The van der Waals surface area contributed by atoms with E-state index < -0.39 is 0 Å². The normalized spacial score (nSPS) is 20.1. The maximum Gasteiger partial charge on any atom is 0.253 e. The summed E-state index contributed by atoms with van der Waals surface area (Å²) >= 11 is 1.88. The Kier molecular flexibility index (Phi) is 6.42. The summed E-state index contributed by atoms with van der Waals surface area (Å²) in [6, 6.07) is 10.5. The lowest BCUT2D eigenvalue weighted by Gasteiger charge is -2.53. The number of morpholine rings is 1. The summed E-state index contributed by atoms with van der Waals surface area (Å²) in [6.07, 6.45) is 4.64. The van der Waals surface area contributed by atoms with E-state index >= 15 is 0 Å². The lowest BCUT2D eigenvalue weighted by Crippen LogP contribution is -2.59. The Hall–Kier alpha value is -2.85. The van der Waals surface area contributed by atoms with Crippen molar-refractivity contribution in [2.24, 2.45) is 5.41 Å². The zero-order valence-corrected chi connectivity index (χ0v) is 24.0. The molecule has 3 aromatic heterocycles. The third-order valence-electron chi connectivity index (χ3n) is 8.79. The molecule has 0 radical (unpaired) electrons. The lowest BCUT2D eigenvalue weighted by molar-refractivity contribution is -0.0466. The van der Waals surface area contributed by atoms with Crippen LogP contribution in [0.2, 0.25) is 0 Å². The van der Waals surface area contributed by atoms with Gasteiger partial charge in [0.05, 0.1) is 29.1 Å². The zero-order valence-electron chi connectivity index (χ0n) is 23.2. The minimum atomic E-state index is 0.540. The summed E-state index contributed by atoms with van der Waals surface area (Å²) in [6.45, 7) is 13.4. The standard InChI is InChI=1S/C30H37N7OS/c1-21-5-4-6-23(17-21)24-7-10-37(33-24)29-31-26-22(2)25(18-35-19-30(20-35)8-11-34(3)12-9-30)39-27(26)28(32-29)36-13-15-38-16-14-36/h4-7,10,17H,8-9,11-16,18-20H2,1-3H3. The fourth-order valence-electron chi connectivity index (χ4n) is 6.37. The number of rotatable bonds is 5. The lowest BCUT2D eigenvalue weighted by atomic mass is 9.72. The van der Waals surface area contributed by atoms with Gasteiger partial charge in [0.2, 0.25) is 0 Å². The zero-order chi connectivity index (χ0) is 26.6. The molecular formula is C30H37N7OS.